The molecule has 0 bridgehead atoms. The minimum absolute atomic E-state index is 0.0457. The van der Waals surface area contributed by atoms with Gasteiger partial charge >= 0.3 is 12.1 Å². The van der Waals surface area contributed by atoms with Gasteiger partial charge in [0.05, 0.1) is 13.5 Å². The van der Waals surface area contributed by atoms with Gasteiger partial charge in [0.25, 0.3) is 0 Å². The lowest BCUT2D eigenvalue weighted by molar-refractivity contribution is -0.141. The number of carbonyl (C=O) groups excluding carboxylic acids is 2. The minimum atomic E-state index is -0.605. The number of hydrogen-bond acceptors (Lipinski definition) is 5. The minimum Gasteiger partial charge on any atom is -0.469 e. The summed E-state index contributed by atoms with van der Waals surface area (Å²) >= 11 is 0. The molecule has 1 aromatic rings. The number of hydrogen-bond donors (Lipinski definition) is 2. The average Bonchev–Trinajstić information content (AvgIpc) is 2.38. The topological polar surface area (TPSA) is 90.6 Å². The molecule has 1 atom stereocenters. The van der Waals surface area contributed by atoms with Gasteiger partial charge in [0.2, 0.25) is 0 Å². The predicted octanol–water partition coefficient (Wildman–Crippen LogP) is 2.27. The third kappa shape index (κ3) is 6.47. The number of methoxy groups -OCH3 is 1. The van der Waals surface area contributed by atoms with E-state index in [0.29, 0.717) is 12.1 Å². The summed E-state index contributed by atoms with van der Waals surface area (Å²) in [4.78, 5) is 23.4. The summed E-state index contributed by atoms with van der Waals surface area (Å²) in [5.74, 6) is -0.407. The number of ether oxygens (including phenoxy) is 2. The van der Waals surface area contributed by atoms with Crippen molar-refractivity contribution in [1.82, 2.24) is 5.32 Å². The van der Waals surface area contributed by atoms with Crippen LogP contribution in [0.3, 0.4) is 0 Å². The number of nitrogen functional groups attached to an aromatic ring is 1. The number of benzene rings is 1. The van der Waals surface area contributed by atoms with Crippen molar-refractivity contribution < 1.29 is 19.1 Å². The van der Waals surface area contributed by atoms with E-state index in [0.717, 1.165) is 5.56 Å². The Morgan fingerprint density at radius 1 is 1.27 bits per heavy atom. The predicted molar refractivity (Wildman–Crippen MR) is 84.3 cm³/mol. The van der Waals surface area contributed by atoms with Gasteiger partial charge in [-0.3, -0.25) is 4.79 Å². The first-order valence-electron chi connectivity index (χ1n) is 7.11. The molecule has 0 spiro atoms. The molecule has 0 radical (unpaired) electrons. The van der Waals surface area contributed by atoms with Crippen molar-refractivity contribution in [2.45, 2.75) is 45.3 Å². The van der Waals surface area contributed by atoms with Crippen LogP contribution in [0.25, 0.3) is 0 Å². The van der Waals surface area contributed by atoms with E-state index < -0.39 is 23.7 Å². The van der Waals surface area contributed by atoms with Gasteiger partial charge < -0.3 is 20.5 Å². The maximum Gasteiger partial charge on any atom is 0.407 e. The number of anilines is 1. The van der Waals surface area contributed by atoms with Crippen LogP contribution in [0, 0.1) is 0 Å². The van der Waals surface area contributed by atoms with Crippen LogP contribution in [0.15, 0.2) is 24.3 Å². The lowest BCUT2D eigenvalue weighted by atomic mass is 10.0. The zero-order valence-electron chi connectivity index (χ0n) is 13.5. The summed E-state index contributed by atoms with van der Waals surface area (Å²) in [7, 11) is 1.31. The van der Waals surface area contributed by atoms with Gasteiger partial charge in [-0.15, -0.1) is 0 Å². The first-order valence-corrected chi connectivity index (χ1v) is 7.11. The van der Waals surface area contributed by atoms with E-state index in [4.69, 9.17) is 10.5 Å². The molecule has 1 rings (SSSR count). The van der Waals surface area contributed by atoms with Crippen molar-refractivity contribution in [2.24, 2.45) is 0 Å². The number of esters is 1. The maximum atomic E-state index is 11.9. The van der Waals surface area contributed by atoms with E-state index >= 15 is 0 Å². The molecule has 0 aromatic heterocycles. The van der Waals surface area contributed by atoms with Crippen molar-refractivity contribution in [1.29, 1.82) is 0 Å². The summed E-state index contributed by atoms with van der Waals surface area (Å²) in [5.41, 5.74) is 6.77. The highest BCUT2D eigenvalue weighted by Crippen LogP contribution is 2.15. The third-order valence-electron chi connectivity index (χ3n) is 2.88. The van der Waals surface area contributed by atoms with Crippen molar-refractivity contribution in [2.75, 3.05) is 12.8 Å². The second kappa shape index (κ2) is 7.68. The second-order valence-electron chi connectivity index (χ2n) is 6.03. The Bertz CT molecular complexity index is 523. The highest BCUT2D eigenvalue weighted by atomic mass is 16.6. The normalized spacial score (nSPS) is 12.4. The molecule has 6 heteroatoms. The molecular formula is C16H24N2O4. The third-order valence-corrected chi connectivity index (χ3v) is 2.88. The summed E-state index contributed by atoms with van der Waals surface area (Å²) in [6.45, 7) is 5.32. The van der Waals surface area contributed by atoms with Crippen LogP contribution in [-0.2, 0) is 20.7 Å². The molecular weight excluding hydrogens is 284 g/mol. The van der Waals surface area contributed by atoms with E-state index in [1.807, 2.05) is 18.2 Å². The van der Waals surface area contributed by atoms with Crippen LogP contribution in [0.2, 0.25) is 0 Å². The van der Waals surface area contributed by atoms with E-state index in [-0.39, 0.29) is 6.42 Å². The standard InChI is InChI=1S/C16H24N2O4/c1-16(2,3)22-15(20)18-12(10-14(19)21-4)9-11-7-5-6-8-13(11)17/h5-8,12H,9-10,17H2,1-4H3,(H,18,20)/t12-/m1/s1. The molecule has 0 aliphatic heterocycles. The van der Waals surface area contributed by atoms with E-state index in [1.54, 1.807) is 26.8 Å². The van der Waals surface area contributed by atoms with Crippen LogP contribution in [0.5, 0.6) is 0 Å². The highest BCUT2D eigenvalue weighted by molar-refractivity contribution is 5.73. The largest absolute Gasteiger partial charge is 0.469 e. The molecule has 122 valence electrons. The van der Waals surface area contributed by atoms with Gasteiger partial charge in [0, 0.05) is 11.7 Å². The van der Waals surface area contributed by atoms with Gasteiger partial charge in [-0.1, -0.05) is 18.2 Å². The fraction of sp³-hybridized carbons (Fsp3) is 0.500. The molecule has 0 aliphatic carbocycles. The Balaban J connectivity index is 2.78. The van der Waals surface area contributed by atoms with Crippen molar-refractivity contribution >= 4 is 17.7 Å². The first-order chi connectivity index (χ1) is 10.2. The highest BCUT2D eigenvalue weighted by Gasteiger charge is 2.22. The lowest BCUT2D eigenvalue weighted by Crippen LogP contribution is -2.41. The molecule has 0 fully saturated rings. The molecule has 1 aromatic carbocycles. The van der Waals surface area contributed by atoms with Crippen molar-refractivity contribution in [3.05, 3.63) is 29.8 Å². The Hall–Kier alpha value is -2.24. The number of carbonyl (C=O) groups is 2. The molecule has 6 nitrogen and oxygen atoms in total. The Morgan fingerprint density at radius 3 is 2.45 bits per heavy atom. The molecule has 22 heavy (non-hydrogen) atoms. The van der Waals surface area contributed by atoms with Crippen molar-refractivity contribution in [3.63, 3.8) is 0 Å². The second-order valence-corrected chi connectivity index (χ2v) is 6.03. The van der Waals surface area contributed by atoms with Crippen LogP contribution in [0.4, 0.5) is 10.5 Å². The number of nitrogens with two attached hydrogens (primary N) is 1. The number of amides is 1. The number of para-hydroxylation sites is 1. The SMILES string of the molecule is COC(=O)C[C@@H](Cc1ccccc1N)NC(=O)OC(C)(C)C. The maximum absolute atomic E-state index is 11.9. The Labute approximate surface area is 131 Å². The van der Waals surface area contributed by atoms with Gasteiger partial charge in [-0.25, -0.2) is 4.79 Å². The van der Waals surface area contributed by atoms with E-state index in [1.165, 1.54) is 7.11 Å². The summed E-state index contributed by atoms with van der Waals surface area (Å²) in [6, 6.07) is 6.87. The Morgan fingerprint density at radius 2 is 1.91 bits per heavy atom. The van der Waals surface area contributed by atoms with Crippen LogP contribution < -0.4 is 11.1 Å². The molecule has 3 N–H and O–H groups in total. The molecule has 0 heterocycles. The Kier molecular flexibility index (Phi) is 6.22. The van der Waals surface area contributed by atoms with Gasteiger partial charge in [0.1, 0.15) is 5.60 Å². The smallest absolute Gasteiger partial charge is 0.407 e. The number of rotatable bonds is 5. The number of nitrogens with one attached hydrogen (secondary N) is 1. The molecule has 0 saturated heterocycles. The summed E-state index contributed by atoms with van der Waals surface area (Å²) in [5, 5.41) is 2.70. The fourth-order valence-corrected chi connectivity index (χ4v) is 1.92. The first kappa shape index (κ1) is 17.8. The molecule has 1 amide bonds. The zero-order chi connectivity index (χ0) is 16.8. The van der Waals surface area contributed by atoms with Crippen LogP contribution >= 0.6 is 0 Å². The van der Waals surface area contributed by atoms with Crippen LogP contribution in [0.1, 0.15) is 32.8 Å². The van der Waals surface area contributed by atoms with Gasteiger partial charge in [-0.05, 0) is 38.8 Å². The van der Waals surface area contributed by atoms with E-state index in [9.17, 15) is 9.59 Å². The van der Waals surface area contributed by atoms with Gasteiger partial charge in [-0.2, -0.15) is 0 Å². The summed E-state index contributed by atoms with van der Waals surface area (Å²) in [6.07, 6.45) is -0.110. The number of alkyl carbamates (subject to hydrolysis) is 1. The summed E-state index contributed by atoms with van der Waals surface area (Å²) < 4.78 is 9.89. The molecule has 0 saturated carbocycles. The zero-order valence-corrected chi connectivity index (χ0v) is 13.5. The fourth-order valence-electron chi connectivity index (χ4n) is 1.92. The van der Waals surface area contributed by atoms with Gasteiger partial charge in [0.15, 0.2) is 0 Å². The quantitative estimate of drug-likeness (QED) is 0.643. The lowest BCUT2D eigenvalue weighted by Gasteiger charge is -2.23. The van der Waals surface area contributed by atoms with Crippen molar-refractivity contribution in [3.8, 4) is 0 Å². The molecule has 0 aliphatic rings. The average molecular weight is 308 g/mol. The van der Waals surface area contributed by atoms with E-state index in [2.05, 4.69) is 10.1 Å². The molecule has 0 unspecified atom stereocenters. The monoisotopic (exact) mass is 308 g/mol. The van der Waals surface area contributed by atoms with Crippen LogP contribution in [-0.4, -0.2) is 30.8 Å².